The summed E-state index contributed by atoms with van der Waals surface area (Å²) < 4.78 is 11.0. The second kappa shape index (κ2) is 6.75. The largest absolute Gasteiger partial charge is 0.464 e. The Balaban J connectivity index is 1.67. The van der Waals surface area contributed by atoms with Crippen LogP contribution in [0.3, 0.4) is 0 Å². The lowest BCUT2D eigenvalue weighted by Crippen LogP contribution is -2.60. The summed E-state index contributed by atoms with van der Waals surface area (Å²) in [5.74, 6) is 2.84. The number of nitrogens with one attached hydrogen (secondary N) is 1. The number of likely N-dealkylation sites (tertiary alicyclic amines) is 1. The first-order chi connectivity index (χ1) is 9.87. The Labute approximate surface area is 130 Å². The molecule has 5 nitrogen and oxygen atoms in total. The summed E-state index contributed by atoms with van der Waals surface area (Å²) in [4.78, 5) is 13.5. The van der Waals surface area contributed by atoms with E-state index >= 15 is 0 Å². The molecule has 1 fully saturated rings. The number of carbonyl (C=O) groups excluding carboxylic acids is 1. The molecule has 1 aliphatic rings. The lowest BCUT2D eigenvalue weighted by molar-refractivity contribution is 0.00505. The molecule has 1 aromatic rings. The Morgan fingerprint density at radius 1 is 1.43 bits per heavy atom. The molecule has 0 atom stereocenters. The van der Waals surface area contributed by atoms with Gasteiger partial charge in [0.1, 0.15) is 17.1 Å². The molecule has 1 aromatic heterocycles. The van der Waals surface area contributed by atoms with E-state index in [2.05, 4.69) is 11.6 Å². The summed E-state index contributed by atoms with van der Waals surface area (Å²) in [5.41, 5.74) is -0.433. The number of carbonyl (C=O) groups is 1. The van der Waals surface area contributed by atoms with Gasteiger partial charge in [0.05, 0.1) is 12.3 Å². The Kier molecular flexibility index (Phi) is 5.22. The van der Waals surface area contributed by atoms with Crippen LogP contribution in [0.1, 0.15) is 32.3 Å². The molecule has 6 heteroatoms. The summed E-state index contributed by atoms with van der Waals surface area (Å²) in [5, 5.41) is 3.39. The maximum atomic E-state index is 11.8. The average molecular weight is 312 g/mol. The van der Waals surface area contributed by atoms with Crippen LogP contribution in [-0.2, 0) is 17.0 Å². The van der Waals surface area contributed by atoms with Gasteiger partial charge in [-0.25, -0.2) is 4.79 Å². The van der Waals surface area contributed by atoms with Gasteiger partial charge >= 0.3 is 6.09 Å². The van der Waals surface area contributed by atoms with Crippen molar-refractivity contribution < 1.29 is 13.9 Å². The van der Waals surface area contributed by atoms with Crippen LogP contribution in [0, 0.1) is 0 Å². The second-order valence-electron chi connectivity index (χ2n) is 6.26. The van der Waals surface area contributed by atoms with E-state index in [0.29, 0.717) is 25.7 Å². The summed E-state index contributed by atoms with van der Waals surface area (Å²) >= 11 is 1.74. The summed E-state index contributed by atoms with van der Waals surface area (Å²) in [6, 6.07) is 4.33. The maximum absolute atomic E-state index is 11.8. The molecule has 0 saturated carbocycles. The second-order valence-corrected chi connectivity index (χ2v) is 7.13. The Bertz CT molecular complexity index is 476. The van der Waals surface area contributed by atoms with Crippen LogP contribution in [0.25, 0.3) is 0 Å². The third-order valence-electron chi connectivity index (χ3n) is 3.10. The van der Waals surface area contributed by atoms with E-state index in [0.717, 1.165) is 17.3 Å². The zero-order valence-electron chi connectivity index (χ0n) is 13.1. The predicted octanol–water partition coefficient (Wildman–Crippen LogP) is 2.85. The SMILES string of the molecule is CSCc1ccc(CNC2CN(C(=O)OC(C)(C)C)C2)o1. The summed E-state index contributed by atoms with van der Waals surface area (Å²) in [6.07, 6.45) is 1.82. The standard InChI is InChI=1S/C15H24N2O3S/c1-15(2,3)20-14(18)17-8-11(9-17)16-7-12-5-6-13(19-12)10-21-4/h5-6,11,16H,7-10H2,1-4H3. The van der Waals surface area contributed by atoms with Crippen LogP contribution in [0.2, 0.25) is 0 Å². The number of rotatable bonds is 5. The van der Waals surface area contributed by atoms with Crippen molar-refractivity contribution in [3.63, 3.8) is 0 Å². The maximum Gasteiger partial charge on any atom is 0.410 e. The summed E-state index contributed by atoms with van der Waals surface area (Å²) in [6.45, 7) is 7.71. The van der Waals surface area contributed by atoms with Gasteiger partial charge in [-0.1, -0.05) is 0 Å². The van der Waals surface area contributed by atoms with Crippen LogP contribution in [0.4, 0.5) is 4.79 Å². The number of nitrogens with zero attached hydrogens (tertiary/aromatic N) is 1. The minimum absolute atomic E-state index is 0.235. The molecule has 1 saturated heterocycles. The molecule has 0 bridgehead atoms. The molecule has 118 valence electrons. The number of furan rings is 1. The minimum Gasteiger partial charge on any atom is -0.464 e. The van der Waals surface area contributed by atoms with Gasteiger partial charge in [-0.05, 0) is 39.2 Å². The van der Waals surface area contributed by atoms with Gasteiger partial charge in [-0.15, -0.1) is 0 Å². The number of thioether (sulfide) groups is 1. The molecule has 1 amide bonds. The Hall–Kier alpha value is -1.14. The normalized spacial score (nSPS) is 15.9. The molecule has 21 heavy (non-hydrogen) atoms. The number of hydrogen-bond donors (Lipinski definition) is 1. The molecule has 1 aliphatic heterocycles. The molecule has 0 unspecified atom stereocenters. The van der Waals surface area contributed by atoms with Crippen LogP contribution in [0.5, 0.6) is 0 Å². The van der Waals surface area contributed by atoms with E-state index in [4.69, 9.17) is 9.15 Å². The smallest absolute Gasteiger partial charge is 0.410 e. The van der Waals surface area contributed by atoms with E-state index in [1.54, 1.807) is 16.7 Å². The molecule has 1 N–H and O–H groups in total. The third-order valence-corrected chi connectivity index (χ3v) is 3.68. The highest BCUT2D eigenvalue weighted by Crippen LogP contribution is 2.17. The number of amides is 1. The molecule has 2 heterocycles. The highest BCUT2D eigenvalue weighted by atomic mass is 32.2. The predicted molar refractivity (Wildman–Crippen MR) is 84.4 cm³/mol. The molecular formula is C15H24N2O3S. The lowest BCUT2D eigenvalue weighted by atomic mass is 10.1. The van der Waals surface area contributed by atoms with Crippen LogP contribution in [-0.4, -0.2) is 42.0 Å². The van der Waals surface area contributed by atoms with E-state index in [1.807, 2.05) is 32.9 Å². The van der Waals surface area contributed by atoms with Gasteiger partial charge in [0.25, 0.3) is 0 Å². The third kappa shape index (κ3) is 4.97. The first-order valence-electron chi connectivity index (χ1n) is 7.15. The Morgan fingerprint density at radius 2 is 2.10 bits per heavy atom. The highest BCUT2D eigenvalue weighted by Gasteiger charge is 2.33. The van der Waals surface area contributed by atoms with Crippen molar-refractivity contribution in [1.29, 1.82) is 0 Å². The first-order valence-corrected chi connectivity index (χ1v) is 8.54. The topological polar surface area (TPSA) is 54.7 Å². The number of ether oxygens (including phenoxy) is 1. The highest BCUT2D eigenvalue weighted by molar-refractivity contribution is 7.97. The van der Waals surface area contributed by atoms with Gasteiger partial charge in [0.2, 0.25) is 0 Å². The number of hydrogen-bond acceptors (Lipinski definition) is 5. The molecule has 0 radical (unpaired) electrons. The minimum atomic E-state index is -0.433. The van der Waals surface area contributed by atoms with Crippen molar-refractivity contribution in [3.05, 3.63) is 23.7 Å². The fourth-order valence-electron chi connectivity index (χ4n) is 2.07. The fraction of sp³-hybridized carbons (Fsp3) is 0.667. The first kappa shape index (κ1) is 16.2. The van der Waals surface area contributed by atoms with Crippen molar-refractivity contribution in [2.45, 2.75) is 44.7 Å². The average Bonchev–Trinajstić information content (AvgIpc) is 2.73. The van der Waals surface area contributed by atoms with Crippen molar-refractivity contribution in [1.82, 2.24) is 10.2 Å². The molecule has 0 spiro atoms. The summed E-state index contributed by atoms with van der Waals surface area (Å²) in [7, 11) is 0. The van der Waals surface area contributed by atoms with Crippen LogP contribution in [0.15, 0.2) is 16.5 Å². The quantitative estimate of drug-likeness (QED) is 0.906. The van der Waals surface area contributed by atoms with Crippen LogP contribution < -0.4 is 5.32 Å². The van der Waals surface area contributed by atoms with E-state index in [9.17, 15) is 4.79 Å². The van der Waals surface area contributed by atoms with Crippen molar-refractivity contribution in [3.8, 4) is 0 Å². The van der Waals surface area contributed by atoms with E-state index in [-0.39, 0.29) is 6.09 Å². The lowest BCUT2D eigenvalue weighted by Gasteiger charge is -2.40. The molecule has 2 rings (SSSR count). The molecule has 0 aromatic carbocycles. The van der Waals surface area contributed by atoms with Crippen molar-refractivity contribution in [2.75, 3.05) is 19.3 Å². The zero-order valence-corrected chi connectivity index (χ0v) is 14.0. The zero-order chi connectivity index (χ0) is 15.5. The van der Waals surface area contributed by atoms with Gasteiger partial charge in [0.15, 0.2) is 0 Å². The van der Waals surface area contributed by atoms with Crippen molar-refractivity contribution in [2.24, 2.45) is 0 Å². The van der Waals surface area contributed by atoms with Gasteiger partial charge in [-0.2, -0.15) is 11.8 Å². The van der Waals surface area contributed by atoms with E-state index in [1.165, 1.54) is 0 Å². The van der Waals surface area contributed by atoms with Gasteiger partial charge in [-0.3, -0.25) is 0 Å². The van der Waals surface area contributed by atoms with Crippen LogP contribution >= 0.6 is 11.8 Å². The Morgan fingerprint density at radius 3 is 2.71 bits per heavy atom. The molecule has 0 aliphatic carbocycles. The monoisotopic (exact) mass is 312 g/mol. The fourth-order valence-corrected chi connectivity index (χ4v) is 2.50. The molecular weight excluding hydrogens is 288 g/mol. The van der Waals surface area contributed by atoms with E-state index < -0.39 is 5.60 Å². The van der Waals surface area contributed by atoms with Crippen molar-refractivity contribution >= 4 is 17.9 Å². The van der Waals surface area contributed by atoms with Gasteiger partial charge < -0.3 is 19.4 Å². The van der Waals surface area contributed by atoms with Gasteiger partial charge in [0, 0.05) is 19.1 Å².